The molecule has 0 bridgehead atoms. The van der Waals surface area contributed by atoms with Crippen molar-refractivity contribution in [3.05, 3.63) is 65.2 Å². The molecule has 0 fully saturated rings. The van der Waals surface area contributed by atoms with Crippen molar-refractivity contribution in [2.75, 3.05) is 13.2 Å². The predicted molar refractivity (Wildman–Crippen MR) is 112 cm³/mol. The van der Waals surface area contributed by atoms with E-state index in [4.69, 9.17) is 4.74 Å². The fourth-order valence-corrected chi connectivity index (χ4v) is 3.00. The van der Waals surface area contributed by atoms with Gasteiger partial charge in [0.2, 0.25) is 0 Å². The lowest BCUT2D eigenvalue weighted by molar-refractivity contribution is -0.123. The van der Waals surface area contributed by atoms with Gasteiger partial charge in [-0.2, -0.15) is 0 Å². The predicted octanol–water partition coefficient (Wildman–Crippen LogP) is 5.24. The highest BCUT2D eigenvalue weighted by molar-refractivity contribution is 5.77. The van der Waals surface area contributed by atoms with Crippen molar-refractivity contribution in [3.8, 4) is 5.75 Å². The maximum absolute atomic E-state index is 12.1. The van der Waals surface area contributed by atoms with E-state index in [0.29, 0.717) is 12.5 Å². The van der Waals surface area contributed by atoms with Crippen LogP contribution in [-0.4, -0.2) is 19.1 Å². The van der Waals surface area contributed by atoms with Gasteiger partial charge in [-0.3, -0.25) is 4.79 Å². The van der Waals surface area contributed by atoms with Crippen LogP contribution >= 0.6 is 0 Å². The maximum Gasteiger partial charge on any atom is 0.257 e. The van der Waals surface area contributed by atoms with Crippen molar-refractivity contribution in [1.29, 1.82) is 0 Å². The maximum atomic E-state index is 12.1. The number of ether oxygens (including phenoxy) is 1. The SMILES string of the molecule is CC(C)c1ccc(CCCNC(=O)COc2ccccc2C(C)(C)C)cc1. The molecule has 0 spiro atoms. The lowest BCUT2D eigenvalue weighted by Gasteiger charge is -2.22. The molecule has 2 aromatic rings. The van der Waals surface area contributed by atoms with E-state index in [-0.39, 0.29) is 17.9 Å². The zero-order valence-electron chi connectivity index (χ0n) is 17.3. The van der Waals surface area contributed by atoms with Gasteiger partial charge in [0.1, 0.15) is 5.75 Å². The molecule has 3 heteroatoms. The zero-order chi connectivity index (χ0) is 19.9. The van der Waals surface area contributed by atoms with Gasteiger partial charge < -0.3 is 10.1 Å². The van der Waals surface area contributed by atoms with E-state index in [2.05, 4.69) is 70.3 Å². The minimum absolute atomic E-state index is 0.0157. The number of aryl methyl sites for hydroxylation is 1. The first-order chi connectivity index (χ1) is 12.8. The van der Waals surface area contributed by atoms with E-state index in [1.807, 2.05) is 18.2 Å². The summed E-state index contributed by atoms with van der Waals surface area (Å²) in [6, 6.07) is 16.7. The van der Waals surface area contributed by atoms with Crippen LogP contribution in [0.4, 0.5) is 0 Å². The van der Waals surface area contributed by atoms with Crippen LogP contribution in [0.1, 0.15) is 63.6 Å². The standard InChI is InChI=1S/C24H33NO2/c1-18(2)20-14-12-19(13-15-20)9-8-16-25-23(26)17-27-22-11-7-6-10-21(22)24(3,4)5/h6-7,10-15,18H,8-9,16-17H2,1-5H3,(H,25,26). The van der Waals surface area contributed by atoms with Crippen LogP contribution in [0.3, 0.4) is 0 Å². The van der Waals surface area contributed by atoms with Crippen LogP contribution in [0.2, 0.25) is 0 Å². The second kappa shape index (κ2) is 9.59. The highest BCUT2D eigenvalue weighted by Crippen LogP contribution is 2.30. The van der Waals surface area contributed by atoms with E-state index in [9.17, 15) is 4.79 Å². The Bertz CT molecular complexity index is 727. The number of carbonyl (C=O) groups is 1. The quantitative estimate of drug-likeness (QED) is 0.648. The molecule has 1 amide bonds. The van der Waals surface area contributed by atoms with E-state index in [0.717, 1.165) is 24.2 Å². The molecule has 0 aliphatic heterocycles. The van der Waals surface area contributed by atoms with Crippen LogP contribution in [0.25, 0.3) is 0 Å². The third kappa shape index (κ3) is 6.74. The monoisotopic (exact) mass is 367 g/mol. The number of hydrogen-bond donors (Lipinski definition) is 1. The highest BCUT2D eigenvalue weighted by atomic mass is 16.5. The molecule has 0 aromatic heterocycles. The molecule has 1 N–H and O–H groups in total. The molecule has 146 valence electrons. The van der Waals surface area contributed by atoms with Gasteiger partial charge in [0, 0.05) is 6.54 Å². The third-order valence-corrected chi connectivity index (χ3v) is 4.66. The van der Waals surface area contributed by atoms with E-state index in [1.54, 1.807) is 0 Å². The normalized spacial score (nSPS) is 11.5. The van der Waals surface area contributed by atoms with Crippen molar-refractivity contribution in [2.45, 2.75) is 58.8 Å². The summed E-state index contributed by atoms with van der Waals surface area (Å²) >= 11 is 0. The van der Waals surface area contributed by atoms with Gasteiger partial charge in [-0.1, -0.05) is 77.1 Å². The molecule has 0 unspecified atom stereocenters. The largest absolute Gasteiger partial charge is 0.483 e. The number of nitrogens with one attached hydrogen (secondary N) is 1. The zero-order valence-corrected chi connectivity index (χ0v) is 17.3. The Morgan fingerprint density at radius 1 is 1.04 bits per heavy atom. The Hall–Kier alpha value is -2.29. The minimum atomic E-state index is -0.0751. The second-order valence-electron chi connectivity index (χ2n) is 8.38. The first-order valence-corrected chi connectivity index (χ1v) is 9.85. The van der Waals surface area contributed by atoms with Crippen molar-refractivity contribution in [1.82, 2.24) is 5.32 Å². The summed E-state index contributed by atoms with van der Waals surface area (Å²) in [6.07, 6.45) is 1.89. The van der Waals surface area contributed by atoms with Gasteiger partial charge in [-0.25, -0.2) is 0 Å². The summed E-state index contributed by atoms with van der Waals surface area (Å²) in [5.74, 6) is 1.26. The summed E-state index contributed by atoms with van der Waals surface area (Å²) in [7, 11) is 0. The fraction of sp³-hybridized carbons (Fsp3) is 0.458. The molecule has 0 saturated carbocycles. The summed E-state index contributed by atoms with van der Waals surface area (Å²) in [6.45, 7) is 11.5. The number of benzene rings is 2. The summed E-state index contributed by atoms with van der Waals surface area (Å²) in [5, 5.41) is 2.95. The molecule has 2 rings (SSSR count). The Kier molecular flexibility index (Phi) is 7.46. The Morgan fingerprint density at radius 3 is 2.33 bits per heavy atom. The smallest absolute Gasteiger partial charge is 0.257 e. The number of amides is 1. The van der Waals surface area contributed by atoms with E-state index < -0.39 is 0 Å². The van der Waals surface area contributed by atoms with Crippen molar-refractivity contribution in [3.63, 3.8) is 0 Å². The molecule has 27 heavy (non-hydrogen) atoms. The molecule has 0 radical (unpaired) electrons. The molecule has 0 aliphatic carbocycles. The minimum Gasteiger partial charge on any atom is -0.483 e. The van der Waals surface area contributed by atoms with Crippen LogP contribution < -0.4 is 10.1 Å². The topological polar surface area (TPSA) is 38.3 Å². The number of para-hydroxylation sites is 1. The summed E-state index contributed by atoms with van der Waals surface area (Å²) in [5.41, 5.74) is 3.77. The van der Waals surface area contributed by atoms with Crippen LogP contribution in [-0.2, 0) is 16.6 Å². The molecule has 2 aromatic carbocycles. The third-order valence-electron chi connectivity index (χ3n) is 4.66. The molecule has 0 aliphatic rings. The Balaban J connectivity index is 1.73. The average molecular weight is 368 g/mol. The molecule has 0 saturated heterocycles. The summed E-state index contributed by atoms with van der Waals surface area (Å²) in [4.78, 5) is 12.1. The highest BCUT2D eigenvalue weighted by Gasteiger charge is 2.18. The summed E-state index contributed by atoms with van der Waals surface area (Å²) < 4.78 is 5.76. The van der Waals surface area contributed by atoms with Crippen LogP contribution in [0.5, 0.6) is 5.75 Å². The van der Waals surface area contributed by atoms with Gasteiger partial charge >= 0.3 is 0 Å². The van der Waals surface area contributed by atoms with Crippen molar-refractivity contribution in [2.24, 2.45) is 0 Å². The first-order valence-electron chi connectivity index (χ1n) is 9.85. The number of hydrogen-bond acceptors (Lipinski definition) is 2. The molecule has 0 atom stereocenters. The van der Waals surface area contributed by atoms with Gasteiger partial charge in [0.25, 0.3) is 5.91 Å². The Morgan fingerprint density at radius 2 is 1.70 bits per heavy atom. The number of carbonyl (C=O) groups excluding carboxylic acids is 1. The lowest BCUT2D eigenvalue weighted by atomic mass is 9.86. The van der Waals surface area contributed by atoms with Gasteiger partial charge in [-0.05, 0) is 46.9 Å². The van der Waals surface area contributed by atoms with E-state index in [1.165, 1.54) is 11.1 Å². The first kappa shape index (κ1) is 21.0. The average Bonchev–Trinajstić information content (AvgIpc) is 2.63. The molecule has 3 nitrogen and oxygen atoms in total. The van der Waals surface area contributed by atoms with E-state index >= 15 is 0 Å². The van der Waals surface area contributed by atoms with Crippen molar-refractivity contribution >= 4 is 5.91 Å². The fourth-order valence-electron chi connectivity index (χ4n) is 3.00. The van der Waals surface area contributed by atoms with Crippen LogP contribution in [0, 0.1) is 0 Å². The second-order valence-corrected chi connectivity index (χ2v) is 8.38. The molecular weight excluding hydrogens is 334 g/mol. The van der Waals surface area contributed by atoms with Crippen molar-refractivity contribution < 1.29 is 9.53 Å². The van der Waals surface area contributed by atoms with Crippen LogP contribution in [0.15, 0.2) is 48.5 Å². The number of rotatable bonds is 8. The van der Waals surface area contributed by atoms with Gasteiger partial charge in [-0.15, -0.1) is 0 Å². The Labute approximate surface area is 164 Å². The van der Waals surface area contributed by atoms with Gasteiger partial charge in [0.15, 0.2) is 6.61 Å². The van der Waals surface area contributed by atoms with Gasteiger partial charge in [0.05, 0.1) is 0 Å². The lowest BCUT2D eigenvalue weighted by Crippen LogP contribution is -2.30. The molecular formula is C24H33NO2. The molecule has 0 heterocycles.